The van der Waals surface area contributed by atoms with Gasteiger partial charge in [-0.1, -0.05) is 126 Å². The summed E-state index contributed by atoms with van der Waals surface area (Å²) in [5, 5.41) is 0. The van der Waals surface area contributed by atoms with E-state index in [1.54, 1.807) is 0 Å². The molecule has 0 spiro atoms. The zero-order chi connectivity index (χ0) is 45.9. The highest BCUT2D eigenvalue weighted by molar-refractivity contribution is 7.00. The van der Waals surface area contributed by atoms with Crippen molar-refractivity contribution in [3.8, 4) is 45.4 Å². The Morgan fingerprint density at radius 3 is 1.37 bits per heavy atom. The van der Waals surface area contributed by atoms with Crippen molar-refractivity contribution in [2.24, 2.45) is 7.05 Å². The summed E-state index contributed by atoms with van der Waals surface area (Å²) in [5.74, 6) is 3.57. The van der Waals surface area contributed by atoms with Crippen molar-refractivity contribution in [1.82, 2.24) is 0 Å². The molecule has 4 aliphatic rings. The van der Waals surface area contributed by atoms with Crippen LogP contribution in [0.4, 0.5) is 34.1 Å². The summed E-state index contributed by atoms with van der Waals surface area (Å²) in [4.78, 5) is 5.07. The third-order valence-corrected chi connectivity index (χ3v) is 14.4. The van der Waals surface area contributed by atoms with Gasteiger partial charge in [0.1, 0.15) is 7.05 Å². The minimum Gasteiger partial charge on any atom is -0.453 e. The number of aromatic nitrogens is 1. The maximum absolute atomic E-state index is 7.20. The van der Waals surface area contributed by atoms with E-state index >= 15 is 0 Å². The van der Waals surface area contributed by atoms with Crippen LogP contribution in [0.2, 0.25) is 0 Å². The zero-order valence-electron chi connectivity index (χ0n) is 40.7. The van der Waals surface area contributed by atoms with Gasteiger partial charge in [0, 0.05) is 28.6 Å². The van der Waals surface area contributed by atoms with Gasteiger partial charge in [0.2, 0.25) is 5.69 Å². The molecule has 65 heavy (non-hydrogen) atoms. The first-order valence-electron chi connectivity index (χ1n) is 23.4. The predicted molar refractivity (Wildman–Crippen MR) is 272 cm³/mol. The number of rotatable bonds is 2. The van der Waals surface area contributed by atoms with E-state index in [0.29, 0.717) is 0 Å². The molecule has 6 aromatic carbocycles. The van der Waals surface area contributed by atoms with Gasteiger partial charge in [-0.15, -0.1) is 0 Å². The van der Waals surface area contributed by atoms with Gasteiger partial charge in [0.15, 0.2) is 29.2 Å². The summed E-state index contributed by atoms with van der Waals surface area (Å²) >= 11 is 0. The number of anilines is 6. The predicted octanol–water partition coefficient (Wildman–Crippen LogP) is 13.6. The molecule has 0 aliphatic carbocycles. The second-order valence-electron chi connectivity index (χ2n) is 23.2. The zero-order valence-corrected chi connectivity index (χ0v) is 40.7. The number of nitrogens with zero attached hydrogens (tertiary/aromatic N) is 3. The number of aryl methyl sites for hydroxylation is 2. The lowest BCUT2D eigenvalue weighted by Gasteiger charge is -2.48. The number of hydrogen-bond donors (Lipinski definition) is 0. The van der Waals surface area contributed by atoms with Gasteiger partial charge in [0.05, 0.1) is 22.7 Å². The minimum absolute atomic E-state index is 0.0497. The van der Waals surface area contributed by atoms with Crippen LogP contribution in [0, 0.1) is 6.92 Å². The second kappa shape index (κ2) is 13.6. The van der Waals surface area contributed by atoms with Crippen LogP contribution in [-0.2, 0) is 28.7 Å². The fraction of sp³-hybridized carbons (Fsp3) is 0.305. The number of hydrogen-bond acceptors (Lipinski definition) is 4. The van der Waals surface area contributed by atoms with Crippen molar-refractivity contribution >= 4 is 57.2 Å². The highest BCUT2D eigenvalue weighted by atomic mass is 16.5. The maximum atomic E-state index is 7.20. The Morgan fingerprint density at radius 2 is 0.923 bits per heavy atom. The summed E-state index contributed by atoms with van der Waals surface area (Å²) < 4.78 is 16.7. The fourth-order valence-electron chi connectivity index (χ4n) is 10.5. The lowest BCUT2D eigenvalue weighted by molar-refractivity contribution is -0.659. The second-order valence-corrected chi connectivity index (χ2v) is 23.2. The van der Waals surface area contributed by atoms with Crippen molar-refractivity contribution in [3.05, 3.63) is 143 Å². The molecule has 0 fully saturated rings. The Labute approximate surface area is 386 Å². The van der Waals surface area contributed by atoms with E-state index in [1.807, 2.05) is 0 Å². The van der Waals surface area contributed by atoms with Gasteiger partial charge in [-0.3, -0.25) is 0 Å². The highest BCUT2D eigenvalue weighted by Crippen LogP contribution is 2.58. The largest absolute Gasteiger partial charge is 0.453 e. The van der Waals surface area contributed by atoms with Crippen molar-refractivity contribution in [1.29, 1.82) is 0 Å². The van der Waals surface area contributed by atoms with Crippen LogP contribution in [0.5, 0.6) is 23.0 Å². The lowest BCUT2D eigenvalue weighted by Crippen LogP contribution is -2.62. The lowest BCUT2D eigenvalue weighted by atomic mass is 9.33. The molecule has 0 N–H and O–H groups in total. The molecule has 0 amide bonds. The van der Waals surface area contributed by atoms with E-state index in [1.165, 1.54) is 66.8 Å². The molecule has 0 unspecified atom stereocenters. The van der Waals surface area contributed by atoms with Crippen molar-refractivity contribution in [2.45, 2.75) is 112 Å². The molecule has 7 aromatic rings. The Bertz CT molecular complexity index is 3030. The average molecular weight is 855 g/mol. The monoisotopic (exact) mass is 854 g/mol. The minimum atomic E-state index is -0.125. The molecular weight excluding hydrogens is 793 g/mol. The Morgan fingerprint density at radius 1 is 0.462 bits per heavy atom. The molecule has 1 aromatic heterocycles. The van der Waals surface area contributed by atoms with Crippen LogP contribution in [0.3, 0.4) is 0 Å². The molecule has 6 heteroatoms. The third-order valence-electron chi connectivity index (χ3n) is 14.4. The van der Waals surface area contributed by atoms with E-state index in [2.05, 4.69) is 227 Å². The standard InChI is InChI=1S/C59H61BN3O2/c1-34-17-15-16-18-41(34)44-22-19-35(33-61(44)14)36-25-47-53-48(26-36)63-46-24-21-38(57(5,6)7)30-50(46)65-52-32-40(59(11,12)13)28-43(55(52)63)60(53)42-27-39(58(8,9)10)31-51-54(42)62(47)45-23-20-37(56(2,3)4)29-49(45)64-51/h15-33H,1-14H3/q+1. The first kappa shape index (κ1) is 41.4. The molecule has 0 atom stereocenters. The molecule has 5 heterocycles. The van der Waals surface area contributed by atoms with Crippen LogP contribution in [-0.4, -0.2) is 6.71 Å². The third kappa shape index (κ3) is 6.37. The van der Waals surface area contributed by atoms with E-state index in [4.69, 9.17) is 9.47 Å². The average Bonchev–Trinajstić information content (AvgIpc) is 3.23. The molecule has 0 bridgehead atoms. The van der Waals surface area contributed by atoms with Crippen LogP contribution >= 0.6 is 0 Å². The normalized spacial score (nSPS) is 14.5. The maximum Gasteiger partial charge on any atom is 0.252 e. The SMILES string of the molecule is Cc1ccccc1-c1ccc(-c2cc3c4c(c2)N2c5ccc(C(C)(C)C)cc5Oc5cc(C(C)(C)C)cc(c52)B4c2cc(C(C)(C)C)cc4c2N3c2ccc(C(C)(C)C)cc2O4)c[n+]1C. The van der Waals surface area contributed by atoms with Crippen molar-refractivity contribution in [3.63, 3.8) is 0 Å². The van der Waals surface area contributed by atoms with E-state index < -0.39 is 0 Å². The van der Waals surface area contributed by atoms with Crippen LogP contribution in [0.25, 0.3) is 22.4 Å². The van der Waals surface area contributed by atoms with Gasteiger partial charge in [0.25, 0.3) is 6.71 Å². The molecule has 326 valence electrons. The van der Waals surface area contributed by atoms with Crippen molar-refractivity contribution < 1.29 is 14.0 Å². The summed E-state index contributed by atoms with van der Waals surface area (Å²) in [6.07, 6.45) is 2.30. The van der Waals surface area contributed by atoms with Gasteiger partial charge in [-0.25, -0.2) is 4.57 Å². The number of benzene rings is 6. The molecule has 0 saturated heterocycles. The molecule has 4 aliphatic heterocycles. The number of fused-ring (bicyclic) bond motifs is 8. The first-order valence-corrected chi connectivity index (χ1v) is 23.4. The summed E-state index contributed by atoms with van der Waals surface area (Å²) in [7, 11) is 2.17. The molecule has 0 radical (unpaired) electrons. The van der Waals surface area contributed by atoms with E-state index in [0.717, 1.165) is 56.9 Å². The van der Waals surface area contributed by atoms with Gasteiger partial charge < -0.3 is 19.3 Å². The van der Waals surface area contributed by atoms with Gasteiger partial charge in [-0.2, -0.15) is 0 Å². The van der Waals surface area contributed by atoms with Crippen LogP contribution < -0.4 is 40.2 Å². The van der Waals surface area contributed by atoms with Crippen molar-refractivity contribution in [2.75, 3.05) is 9.80 Å². The summed E-state index contributed by atoms with van der Waals surface area (Å²) in [6, 6.07) is 41.5. The van der Waals surface area contributed by atoms with Gasteiger partial charge >= 0.3 is 0 Å². The summed E-state index contributed by atoms with van der Waals surface area (Å²) in [6.45, 7) is 29.6. The Kier molecular flexibility index (Phi) is 8.69. The van der Waals surface area contributed by atoms with E-state index in [-0.39, 0.29) is 28.4 Å². The number of ether oxygens (including phenoxy) is 2. The smallest absolute Gasteiger partial charge is 0.252 e. The molecule has 0 saturated carbocycles. The summed E-state index contributed by atoms with van der Waals surface area (Å²) in [5.41, 5.74) is 21.1. The van der Waals surface area contributed by atoms with Crippen LogP contribution in [0.15, 0.2) is 115 Å². The quantitative estimate of drug-likeness (QED) is 0.128. The van der Waals surface area contributed by atoms with E-state index in [9.17, 15) is 0 Å². The Hall–Kier alpha value is -6.27. The Balaban J connectivity index is 1.26. The molecular formula is C59H61BN3O2+. The first-order chi connectivity index (χ1) is 30.6. The fourth-order valence-corrected chi connectivity index (χ4v) is 10.5. The molecule has 5 nitrogen and oxygen atoms in total. The topological polar surface area (TPSA) is 28.8 Å². The molecule has 11 rings (SSSR count). The van der Waals surface area contributed by atoms with Gasteiger partial charge in [-0.05, 0) is 139 Å². The number of pyridine rings is 1. The van der Waals surface area contributed by atoms with Crippen LogP contribution in [0.1, 0.15) is 111 Å². The highest BCUT2D eigenvalue weighted by Gasteiger charge is 2.49.